The molecule has 0 aromatic heterocycles. The van der Waals surface area contributed by atoms with Crippen molar-refractivity contribution in [2.75, 3.05) is 22.7 Å². The zero-order valence-corrected chi connectivity index (χ0v) is 18.8. The van der Waals surface area contributed by atoms with Crippen molar-refractivity contribution in [3.05, 3.63) is 54.1 Å². The number of aromatic carboxylic acids is 1. The van der Waals surface area contributed by atoms with Crippen LogP contribution in [-0.4, -0.2) is 49.8 Å². The minimum Gasteiger partial charge on any atom is -0.478 e. The lowest BCUT2D eigenvalue weighted by Gasteiger charge is -2.25. The van der Waals surface area contributed by atoms with Gasteiger partial charge in [-0.2, -0.15) is 13.2 Å². The Morgan fingerprint density at radius 2 is 1.48 bits per heavy atom. The zero-order chi connectivity index (χ0) is 25.2. The van der Waals surface area contributed by atoms with E-state index in [4.69, 9.17) is 9.90 Å². The summed E-state index contributed by atoms with van der Waals surface area (Å²) in [5, 5.41) is 16.7. The van der Waals surface area contributed by atoms with Crippen molar-refractivity contribution in [2.45, 2.75) is 37.8 Å². The van der Waals surface area contributed by atoms with Crippen LogP contribution in [0.2, 0.25) is 0 Å². The summed E-state index contributed by atoms with van der Waals surface area (Å²) in [4.78, 5) is 22.8. The molecule has 0 aliphatic carbocycles. The van der Waals surface area contributed by atoms with Crippen molar-refractivity contribution in [2.24, 2.45) is 0 Å². The number of halogens is 3. The number of carboxylic acid groups (broad SMARTS) is 2. The van der Waals surface area contributed by atoms with Gasteiger partial charge in [-0.15, -0.1) is 0 Å². The van der Waals surface area contributed by atoms with Gasteiger partial charge in [-0.05, 0) is 43.2 Å². The molecule has 0 bridgehead atoms. The molecule has 2 rings (SSSR count). The molecule has 0 aliphatic heterocycles. The highest BCUT2D eigenvalue weighted by molar-refractivity contribution is 7.92. The number of aliphatic carboxylic acids is 1. The van der Waals surface area contributed by atoms with Crippen LogP contribution in [0.1, 0.15) is 37.0 Å². The quantitative estimate of drug-likeness (QED) is 0.475. The Kier molecular flexibility index (Phi) is 10.2. The lowest BCUT2D eigenvalue weighted by molar-refractivity contribution is -0.192. The maximum Gasteiger partial charge on any atom is 0.490 e. The molecule has 2 aromatic rings. The van der Waals surface area contributed by atoms with Gasteiger partial charge in [0.25, 0.3) is 10.0 Å². The van der Waals surface area contributed by atoms with Gasteiger partial charge < -0.3 is 15.1 Å². The number of alkyl halides is 3. The molecule has 0 saturated heterocycles. The predicted molar refractivity (Wildman–Crippen MR) is 117 cm³/mol. The molecule has 0 fully saturated rings. The normalized spacial score (nSPS) is 11.2. The van der Waals surface area contributed by atoms with Gasteiger partial charge in [0.15, 0.2) is 0 Å². The van der Waals surface area contributed by atoms with Crippen LogP contribution in [0.25, 0.3) is 0 Å². The third kappa shape index (κ3) is 8.64. The molecule has 2 aromatic carbocycles. The van der Waals surface area contributed by atoms with Crippen LogP contribution in [0.3, 0.4) is 0 Å². The van der Waals surface area contributed by atoms with E-state index in [1.807, 2.05) is 18.7 Å². The summed E-state index contributed by atoms with van der Waals surface area (Å²) in [5.41, 5.74) is 0.909. The van der Waals surface area contributed by atoms with Gasteiger partial charge in [-0.1, -0.05) is 32.0 Å². The van der Waals surface area contributed by atoms with Crippen LogP contribution in [-0.2, 0) is 14.8 Å². The van der Waals surface area contributed by atoms with E-state index in [0.717, 1.165) is 25.9 Å². The highest BCUT2D eigenvalue weighted by Crippen LogP contribution is 2.26. The largest absolute Gasteiger partial charge is 0.490 e. The number of carboxylic acids is 2. The van der Waals surface area contributed by atoms with Crippen LogP contribution in [0.4, 0.5) is 24.5 Å². The molecule has 0 aliphatic rings. The minimum absolute atomic E-state index is 0.0835. The average Bonchev–Trinajstić information content (AvgIpc) is 2.73. The van der Waals surface area contributed by atoms with E-state index in [1.165, 1.54) is 18.2 Å². The van der Waals surface area contributed by atoms with Gasteiger partial charge in [0.05, 0.1) is 16.1 Å². The molecular weight excluding hydrogens is 465 g/mol. The highest BCUT2D eigenvalue weighted by atomic mass is 32.2. The van der Waals surface area contributed by atoms with Crippen LogP contribution in [0.5, 0.6) is 0 Å². The van der Waals surface area contributed by atoms with Crippen molar-refractivity contribution < 1.29 is 41.4 Å². The third-order valence-corrected chi connectivity index (χ3v) is 5.50. The predicted octanol–water partition coefficient (Wildman–Crippen LogP) is 4.45. The molecule has 0 unspecified atom stereocenters. The van der Waals surface area contributed by atoms with Gasteiger partial charge in [0.1, 0.15) is 0 Å². The standard InChI is InChI=1S/C19H24N2O4S.C2HF3O2/c1-3-12-21(13-4-2)18-11-10-15(14-17(18)19(22)23)20-26(24,25)16-8-6-5-7-9-16;3-2(4,5)1(6)7/h5-11,14,20H,3-4,12-13H2,1-2H3,(H,22,23);(H,6,7). The fourth-order valence-electron chi connectivity index (χ4n) is 2.75. The van der Waals surface area contributed by atoms with Crippen molar-refractivity contribution >= 4 is 33.3 Å². The number of nitrogens with zero attached hydrogens (tertiary/aromatic N) is 1. The van der Waals surface area contributed by atoms with E-state index in [0.29, 0.717) is 5.69 Å². The first kappa shape index (κ1) is 27.8. The Morgan fingerprint density at radius 1 is 0.970 bits per heavy atom. The number of nitrogens with one attached hydrogen (secondary N) is 1. The van der Waals surface area contributed by atoms with Gasteiger partial charge in [0.2, 0.25) is 0 Å². The maximum atomic E-state index is 12.4. The summed E-state index contributed by atoms with van der Waals surface area (Å²) in [6.45, 7) is 5.54. The lowest BCUT2D eigenvalue weighted by Crippen LogP contribution is -2.27. The Balaban J connectivity index is 0.000000675. The molecule has 182 valence electrons. The smallest absolute Gasteiger partial charge is 0.478 e. The Bertz CT molecular complexity index is 1040. The van der Waals surface area contributed by atoms with Crippen molar-refractivity contribution in [3.8, 4) is 0 Å². The SMILES string of the molecule is CCCN(CCC)c1ccc(NS(=O)(=O)c2ccccc2)cc1C(=O)O.O=C(O)C(F)(F)F. The first-order chi connectivity index (χ1) is 15.3. The van der Waals surface area contributed by atoms with Crippen LogP contribution >= 0.6 is 0 Å². The van der Waals surface area contributed by atoms with E-state index in [2.05, 4.69) is 4.72 Å². The Hall–Kier alpha value is -3.28. The van der Waals surface area contributed by atoms with E-state index < -0.39 is 28.1 Å². The van der Waals surface area contributed by atoms with Crippen molar-refractivity contribution in [1.82, 2.24) is 0 Å². The third-order valence-electron chi connectivity index (χ3n) is 4.10. The Morgan fingerprint density at radius 3 is 1.91 bits per heavy atom. The number of anilines is 2. The molecule has 33 heavy (non-hydrogen) atoms. The van der Waals surface area contributed by atoms with E-state index >= 15 is 0 Å². The Labute approximate surface area is 189 Å². The lowest BCUT2D eigenvalue weighted by atomic mass is 10.1. The maximum absolute atomic E-state index is 12.4. The fourth-order valence-corrected chi connectivity index (χ4v) is 3.82. The summed E-state index contributed by atoms with van der Waals surface area (Å²) in [5.74, 6) is -3.84. The summed E-state index contributed by atoms with van der Waals surface area (Å²) in [7, 11) is -3.77. The van der Waals surface area contributed by atoms with Crippen molar-refractivity contribution in [3.63, 3.8) is 0 Å². The van der Waals surface area contributed by atoms with Gasteiger partial charge in [-0.3, -0.25) is 4.72 Å². The van der Waals surface area contributed by atoms with E-state index in [1.54, 1.807) is 30.3 Å². The summed E-state index contributed by atoms with van der Waals surface area (Å²) in [6, 6.07) is 12.6. The number of rotatable bonds is 9. The first-order valence-electron chi connectivity index (χ1n) is 9.83. The van der Waals surface area contributed by atoms with Crippen LogP contribution in [0.15, 0.2) is 53.4 Å². The van der Waals surface area contributed by atoms with Crippen LogP contribution < -0.4 is 9.62 Å². The fraction of sp³-hybridized carbons (Fsp3) is 0.333. The molecule has 0 saturated carbocycles. The van der Waals surface area contributed by atoms with Gasteiger partial charge in [0, 0.05) is 18.8 Å². The van der Waals surface area contributed by atoms with E-state index in [-0.39, 0.29) is 16.1 Å². The van der Waals surface area contributed by atoms with E-state index in [9.17, 15) is 31.5 Å². The zero-order valence-electron chi connectivity index (χ0n) is 18.0. The molecule has 0 heterocycles. The molecular formula is C21H25F3N2O6S. The second kappa shape index (κ2) is 12.1. The molecule has 0 radical (unpaired) electrons. The summed E-state index contributed by atoms with van der Waals surface area (Å²) in [6.07, 6.45) is -3.30. The topological polar surface area (TPSA) is 124 Å². The first-order valence-corrected chi connectivity index (χ1v) is 11.3. The van der Waals surface area contributed by atoms with Gasteiger partial charge >= 0.3 is 18.1 Å². The molecule has 3 N–H and O–H groups in total. The molecule has 0 amide bonds. The number of hydrogen-bond donors (Lipinski definition) is 3. The van der Waals surface area contributed by atoms with Crippen LogP contribution in [0, 0.1) is 0 Å². The highest BCUT2D eigenvalue weighted by Gasteiger charge is 2.38. The van der Waals surface area contributed by atoms with Crippen molar-refractivity contribution in [1.29, 1.82) is 0 Å². The summed E-state index contributed by atoms with van der Waals surface area (Å²) < 4.78 is 59.1. The molecule has 8 nitrogen and oxygen atoms in total. The average molecular weight is 491 g/mol. The molecule has 12 heteroatoms. The second-order valence-electron chi connectivity index (χ2n) is 6.75. The monoisotopic (exact) mass is 490 g/mol. The summed E-state index contributed by atoms with van der Waals surface area (Å²) >= 11 is 0. The number of hydrogen-bond acceptors (Lipinski definition) is 5. The molecule has 0 atom stereocenters. The number of benzene rings is 2. The van der Waals surface area contributed by atoms with Gasteiger partial charge in [-0.25, -0.2) is 18.0 Å². The molecule has 0 spiro atoms. The minimum atomic E-state index is -5.08. The number of carbonyl (C=O) groups is 2. The second-order valence-corrected chi connectivity index (χ2v) is 8.43. The number of sulfonamides is 1.